The average Bonchev–Trinajstić information content (AvgIpc) is 2.73. The van der Waals surface area contributed by atoms with Crippen molar-refractivity contribution < 1.29 is 9.84 Å². The minimum Gasteiger partial charge on any atom is -0.493 e. The summed E-state index contributed by atoms with van der Waals surface area (Å²) in [5, 5.41) is 8.95. The van der Waals surface area contributed by atoms with Crippen LogP contribution in [0.2, 0.25) is 0 Å². The van der Waals surface area contributed by atoms with Gasteiger partial charge in [-0.05, 0) is 17.7 Å². The van der Waals surface area contributed by atoms with Gasteiger partial charge in [0.1, 0.15) is 5.75 Å². The average molecular weight is 238 g/mol. The van der Waals surface area contributed by atoms with Gasteiger partial charge in [-0.2, -0.15) is 11.8 Å². The Hall–Kier alpha value is -0.670. The van der Waals surface area contributed by atoms with Gasteiger partial charge in [-0.15, -0.1) is 0 Å². The number of aliphatic hydroxyl groups is 1. The molecule has 1 aliphatic rings. The second-order valence-corrected chi connectivity index (χ2v) is 5.45. The van der Waals surface area contributed by atoms with Crippen LogP contribution in [0.3, 0.4) is 0 Å². The van der Waals surface area contributed by atoms with Crippen molar-refractivity contribution in [2.45, 2.75) is 12.8 Å². The zero-order chi connectivity index (χ0) is 11.4. The molecule has 1 aromatic carbocycles. The number of aliphatic hydroxyl groups excluding tert-OH is 1. The van der Waals surface area contributed by atoms with Gasteiger partial charge in [0, 0.05) is 23.8 Å². The van der Waals surface area contributed by atoms with E-state index in [0.29, 0.717) is 11.8 Å². The molecule has 0 radical (unpaired) electrons. The van der Waals surface area contributed by atoms with Crippen LogP contribution >= 0.6 is 11.8 Å². The fourth-order valence-corrected chi connectivity index (χ4v) is 3.04. The molecule has 1 aliphatic heterocycles. The van der Waals surface area contributed by atoms with Crippen molar-refractivity contribution in [3.63, 3.8) is 0 Å². The lowest BCUT2D eigenvalue weighted by Crippen LogP contribution is -2.08. The first-order chi connectivity index (χ1) is 7.81. The standard InChI is InChI=1S/C13H18O2S/c1-10(6-14)8-16-9-11-7-15-13-5-3-2-4-12(11)13/h2-5,10-11,14H,6-9H2,1H3. The van der Waals surface area contributed by atoms with Gasteiger partial charge in [-0.3, -0.25) is 0 Å². The highest BCUT2D eigenvalue weighted by Crippen LogP contribution is 2.35. The summed E-state index contributed by atoms with van der Waals surface area (Å²) in [5.41, 5.74) is 1.34. The summed E-state index contributed by atoms with van der Waals surface area (Å²) in [6.07, 6.45) is 0. The van der Waals surface area contributed by atoms with Crippen LogP contribution in [0, 0.1) is 5.92 Å². The molecular weight excluding hydrogens is 220 g/mol. The van der Waals surface area contributed by atoms with Crippen LogP contribution in [0.1, 0.15) is 18.4 Å². The third-order valence-electron chi connectivity index (χ3n) is 2.83. The van der Waals surface area contributed by atoms with E-state index in [9.17, 15) is 0 Å². The Labute approximate surface area is 101 Å². The summed E-state index contributed by atoms with van der Waals surface area (Å²) >= 11 is 1.91. The molecule has 0 saturated carbocycles. The highest BCUT2D eigenvalue weighted by molar-refractivity contribution is 7.99. The normalized spacial score (nSPS) is 20.2. The van der Waals surface area contributed by atoms with Crippen molar-refractivity contribution >= 4 is 11.8 Å². The van der Waals surface area contributed by atoms with Crippen molar-refractivity contribution in [1.29, 1.82) is 0 Å². The summed E-state index contributed by atoms with van der Waals surface area (Å²) in [6.45, 7) is 3.16. The van der Waals surface area contributed by atoms with Crippen LogP contribution in [0.4, 0.5) is 0 Å². The van der Waals surface area contributed by atoms with Gasteiger partial charge in [-0.1, -0.05) is 25.1 Å². The minimum atomic E-state index is 0.282. The summed E-state index contributed by atoms with van der Waals surface area (Å²) in [5.74, 6) is 4.06. The van der Waals surface area contributed by atoms with E-state index in [1.165, 1.54) is 5.56 Å². The van der Waals surface area contributed by atoms with Crippen LogP contribution in [0.5, 0.6) is 5.75 Å². The molecule has 3 heteroatoms. The number of para-hydroxylation sites is 1. The molecule has 2 nitrogen and oxygen atoms in total. The van der Waals surface area contributed by atoms with Gasteiger partial charge in [0.2, 0.25) is 0 Å². The molecule has 1 N–H and O–H groups in total. The first kappa shape index (κ1) is 11.8. The number of hydrogen-bond acceptors (Lipinski definition) is 3. The summed E-state index contributed by atoms with van der Waals surface area (Å²) in [7, 11) is 0. The Balaban J connectivity index is 1.84. The maximum absolute atomic E-state index is 8.95. The smallest absolute Gasteiger partial charge is 0.122 e. The lowest BCUT2D eigenvalue weighted by molar-refractivity contribution is 0.250. The molecule has 0 saturated heterocycles. The summed E-state index contributed by atoms with van der Waals surface area (Å²) in [4.78, 5) is 0. The Kier molecular flexibility index (Phi) is 4.13. The molecule has 0 aliphatic carbocycles. The molecule has 1 heterocycles. The predicted octanol–water partition coefficient (Wildman–Crippen LogP) is 2.52. The predicted molar refractivity (Wildman–Crippen MR) is 68.3 cm³/mol. The molecule has 1 aromatic rings. The second kappa shape index (κ2) is 5.60. The fourth-order valence-electron chi connectivity index (χ4n) is 1.83. The number of benzene rings is 1. The van der Waals surface area contributed by atoms with Gasteiger partial charge in [-0.25, -0.2) is 0 Å². The van der Waals surface area contributed by atoms with E-state index < -0.39 is 0 Å². The van der Waals surface area contributed by atoms with Gasteiger partial charge < -0.3 is 9.84 Å². The Bertz CT molecular complexity index is 340. The van der Waals surface area contributed by atoms with Gasteiger partial charge in [0.05, 0.1) is 6.61 Å². The summed E-state index contributed by atoms with van der Waals surface area (Å²) in [6, 6.07) is 8.28. The van der Waals surface area contributed by atoms with Crippen molar-refractivity contribution in [3.8, 4) is 5.75 Å². The van der Waals surface area contributed by atoms with Gasteiger partial charge >= 0.3 is 0 Å². The molecule has 88 valence electrons. The molecule has 0 bridgehead atoms. The molecular formula is C13H18O2S. The van der Waals surface area contributed by atoms with Crippen LogP contribution in [0.25, 0.3) is 0 Å². The first-order valence-corrected chi connectivity index (χ1v) is 6.87. The second-order valence-electron chi connectivity index (χ2n) is 4.37. The molecule has 2 unspecified atom stereocenters. The van der Waals surface area contributed by atoms with Crippen molar-refractivity contribution in [2.24, 2.45) is 5.92 Å². The van der Waals surface area contributed by atoms with E-state index in [0.717, 1.165) is 23.9 Å². The van der Waals surface area contributed by atoms with Crippen LogP contribution in [0.15, 0.2) is 24.3 Å². The topological polar surface area (TPSA) is 29.5 Å². The van der Waals surface area contributed by atoms with Crippen LogP contribution in [-0.4, -0.2) is 29.8 Å². The van der Waals surface area contributed by atoms with Crippen LogP contribution < -0.4 is 4.74 Å². The van der Waals surface area contributed by atoms with E-state index in [1.54, 1.807) is 0 Å². The highest BCUT2D eigenvalue weighted by Gasteiger charge is 2.23. The molecule has 0 aromatic heterocycles. The Morgan fingerprint density at radius 2 is 2.31 bits per heavy atom. The molecule has 0 fully saturated rings. The fraction of sp³-hybridized carbons (Fsp3) is 0.538. The van der Waals surface area contributed by atoms with Crippen molar-refractivity contribution in [1.82, 2.24) is 0 Å². The number of hydrogen-bond donors (Lipinski definition) is 1. The largest absolute Gasteiger partial charge is 0.493 e. The van der Waals surface area contributed by atoms with E-state index in [1.807, 2.05) is 23.9 Å². The number of thioether (sulfide) groups is 1. The molecule has 2 rings (SSSR count). The van der Waals surface area contributed by atoms with E-state index >= 15 is 0 Å². The van der Waals surface area contributed by atoms with E-state index in [2.05, 4.69) is 19.1 Å². The number of ether oxygens (including phenoxy) is 1. The van der Waals surface area contributed by atoms with Crippen molar-refractivity contribution in [3.05, 3.63) is 29.8 Å². The van der Waals surface area contributed by atoms with Crippen molar-refractivity contribution in [2.75, 3.05) is 24.7 Å². The molecule has 0 spiro atoms. The van der Waals surface area contributed by atoms with Gasteiger partial charge in [0.25, 0.3) is 0 Å². The zero-order valence-corrected chi connectivity index (χ0v) is 10.4. The lowest BCUT2D eigenvalue weighted by atomic mass is 10.0. The lowest BCUT2D eigenvalue weighted by Gasteiger charge is -2.10. The zero-order valence-electron chi connectivity index (χ0n) is 9.56. The first-order valence-electron chi connectivity index (χ1n) is 5.71. The molecule has 0 amide bonds. The van der Waals surface area contributed by atoms with E-state index in [4.69, 9.17) is 9.84 Å². The third-order valence-corrected chi connectivity index (χ3v) is 4.27. The highest BCUT2D eigenvalue weighted by atomic mass is 32.2. The maximum Gasteiger partial charge on any atom is 0.122 e. The SMILES string of the molecule is CC(CO)CSCC1COc2ccccc21. The number of rotatable bonds is 5. The van der Waals surface area contributed by atoms with Crippen LogP contribution in [-0.2, 0) is 0 Å². The molecule has 2 atom stereocenters. The monoisotopic (exact) mass is 238 g/mol. The van der Waals surface area contributed by atoms with E-state index in [-0.39, 0.29) is 6.61 Å². The maximum atomic E-state index is 8.95. The summed E-state index contributed by atoms with van der Waals surface area (Å²) < 4.78 is 5.63. The Morgan fingerprint density at radius 1 is 1.50 bits per heavy atom. The third kappa shape index (κ3) is 2.71. The molecule has 16 heavy (non-hydrogen) atoms. The number of fused-ring (bicyclic) bond motifs is 1. The quantitative estimate of drug-likeness (QED) is 0.854. The van der Waals surface area contributed by atoms with Gasteiger partial charge in [0.15, 0.2) is 0 Å². The minimum absolute atomic E-state index is 0.282. The Morgan fingerprint density at radius 3 is 3.12 bits per heavy atom.